The van der Waals surface area contributed by atoms with Crippen LogP contribution in [0.1, 0.15) is 50.6 Å². The lowest BCUT2D eigenvalue weighted by Crippen LogP contribution is -2.47. The molecule has 4 atom stereocenters. The second-order valence-electron chi connectivity index (χ2n) is 6.05. The summed E-state index contributed by atoms with van der Waals surface area (Å²) in [7, 11) is 0. The number of fused-ring (bicyclic) bond motifs is 1. The molecule has 1 aliphatic carbocycles. The molecule has 1 aliphatic heterocycles. The number of hydrogen-bond acceptors (Lipinski definition) is 2. The summed E-state index contributed by atoms with van der Waals surface area (Å²) in [5.41, 5.74) is 1.24. The van der Waals surface area contributed by atoms with E-state index in [-0.39, 0.29) is 0 Å². The van der Waals surface area contributed by atoms with Crippen molar-refractivity contribution in [1.82, 2.24) is 5.32 Å². The number of phenolic OH excluding ortho intramolecular Hbond substituents is 1. The topological polar surface area (TPSA) is 32.3 Å². The first-order valence-corrected chi connectivity index (χ1v) is 7.29. The van der Waals surface area contributed by atoms with Gasteiger partial charge in [-0.2, -0.15) is 0 Å². The number of phenols is 1. The summed E-state index contributed by atoms with van der Waals surface area (Å²) in [4.78, 5) is 0. The van der Waals surface area contributed by atoms with Crippen molar-refractivity contribution in [1.29, 1.82) is 0 Å². The van der Waals surface area contributed by atoms with Crippen LogP contribution in [0.15, 0.2) is 24.3 Å². The quantitative estimate of drug-likeness (QED) is 0.792. The fourth-order valence-corrected chi connectivity index (χ4v) is 3.97. The maximum absolute atomic E-state index is 9.61. The molecule has 18 heavy (non-hydrogen) atoms. The minimum Gasteiger partial charge on any atom is -0.508 e. The molecule has 1 saturated carbocycles. The van der Waals surface area contributed by atoms with E-state index in [1.807, 2.05) is 12.1 Å². The summed E-state index contributed by atoms with van der Waals surface area (Å²) in [6, 6.07) is 8.77. The molecule has 98 valence electrons. The molecule has 2 unspecified atom stereocenters. The minimum absolute atomic E-state index is 0.382. The highest BCUT2D eigenvalue weighted by molar-refractivity contribution is 5.30. The van der Waals surface area contributed by atoms with E-state index in [9.17, 15) is 5.11 Å². The average Bonchev–Trinajstić information content (AvgIpc) is 2.39. The molecule has 1 aromatic carbocycles. The molecule has 1 aromatic rings. The van der Waals surface area contributed by atoms with Gasteiger partial charge in [-0.25, -0.2) is 0 Å². The van der Waals surface area contributed by atoms with E-state index in [1.54, 1.807) is 6.07 Å². The predicted octanol–water partition coefficient (Wildman–Crippen LogP) is 3.62. The third-order valence-electron chi connectivity index (χ3n) is 4.89. The summed E-state index contributed by atoms with van der Waals surface area (Å²) in [5, 5.41) is 13.4. The molecule has 1 saturated heterocycles. The standard InChI is InChI=1S/C16H23NO/c1-11-15-8-3-2-5-12(15)10-16(17-11)13-6-4-7-14(18)9-13/h4,6-7,9,11-12,15-18H,2-3,5,8,10H2,1H3/t11-,12?,15?,16+/m1/s1. The van der Waals surface area contributed by atoms with Crippen LogP contribution in [0, 0.1) is 11.8 Å². The lowest BCUT2D eigenvalue weighted by molar-refractivity contribution is 0.112. The molecule has 2 heteroatoms. The van der Waals surface area contributed by atoms with Gasteiger partial charge in [-0.1, -0.05) is 31.4 Å². The van der Waals surface area contributed by atoms with Gasteiger partial charge in [-0.3, -0.25) is 0 Å². The maximum Gasteiger partial charge on any atom is 0.115 e. The molecule has 3 rings (SSSR count). The third-order valence-corrected chi connectivity index (χ3v) is 4.89. The van der Waals surface area contributed by atoms with Gasteiger partial charge in [0.25, 0.3) is 0 Å². The molecular weight excluding hydrogens is 222 g/mol. The molecule has 2 nitrogen and oxygen atoms in total. The molecule has 2 aliphatic rings. The van der Waals surface area contributed by atoms with E-state index in [1.165, 1.54) is 37.7 Å². The maximum atomic E-state index is 9.61. The second-order valence-corrected chi connectivity index (χ2v) is 6.05. The van der Waals surface area contributed by atoms with Gasteiger partial charge < -0.3 is 10.4 Å². The predicted molar refractivity (Wildman–Crippen MR) is 73.5 cm³/mol. The Bertz CT molecular complexity index is 417. The van der Waals surface area contributed by atoms with Crippen molar-refractivity contribution in [3.05, 3.63) is 29.8 Å². The molecule has 0 spiro atoms. The Labute approximate surface area is 109 Å². The van der Waals surface area contributed by atoms with Crippen molar-refractivity contribution >= 4 is 0 Å². The first kappa shape index (κ1) is 12.0. The second kappa shape index (κ2) is 4.93. The van der Waals surface area contributed by atoms with E-state index in [0.29, 0.717) is 17.8 Å². The fourth-order valence-electron chi connectivity index (χ4n) is 3.97. The summed E-state index contributed by atoms with van der Waals surface area (Å²) in [5.74, 6) is 2.13. The zero-order chi connectivity index (χ0) is 12.5. The van der Waals surface area contributed by atoms with Crippen LogP contribution in [0.4, 0.5) is 0 Å². The Morgan fingerprint density at radius 3 is 2.89 bits per heavy atom. The van der Waals surface area contributed by atoms with Crippen molar-refractivity contribution in [2.45, 2.75) is 51.1 Å². The zero-order valence-electron chi connectivity index (χ0n) is 11.1. The SMILES string of the molecule is C[C@H]1N[C@H](c2cccc(O)c2)CC2CCCCC21. The monoisotopic (exact) mass is 245 g/mol. The van der Waals surface area contributed by atoms with Crippen LogP contribution in [0.25, 0.3) is 0 Å². The van der Waals surface area contributed by atoms with Crippen LogP contribution >= 0.6 is 0 Å². The van der Waals surface area contributed by atoms with Crippen molar-refractivity contribution in [3.8, 4) is 5.75 Å². The Morgan fingerprint density at radius 2 is 2.06 bits per heavy atom. The number of hydrogen-bond donors (Lipinski definition) is 2. The number of aromatic hydroxyl groups is 1. The summed E-state index contributed by atoms with van der Waals surface area (Å²) in [6.07, 6.45) is 6.83. The van der Waals surface area contributed by atoms with Gasteiger partial charge in [0.05, 0.1) is 0 Å². The van der Waals surface area contributed by atoms with E-state index in [0.717, 1.165) is 11.8 Å². The van der Waals surface area contributed by atoms with Gasteiger partial charge in [0, 0.05) is 12.1 Å². The number of piperidine rings is 1. The van der Waals surface area contributed by atoms with Crippen molar-refractivity contribution in [2.75, 3.05) is 0 Å². The van der Waals surface area contributed by atoms with Crippen LogP contribution < -0.4 is 5.32 Å². The molecule has 0 bridgehead atoms. The third kappa shape index (κ3) is 2.26. The Morgan fingerprint density at radius 1 is 1.22 bits per heavy atom. The Hall–Kier alpha value is -1.02. The van der Waals surface area contributed by atoms with Gasteiger partial charge >= 0.3 is 0 Å². The Balaban J connectivity index is 1.78. The van der Waals surface area contributed by atoms with Gasteiger partial charge in [-0.05, 0) is 49.3 Å². The average molecular weight is 245 g/mol. The lowest BCUT2D eigenvalue weighted by Gasteiger charge is -2.44. The normalized spacial score (nSPS) is 36.1. The smallest absolute Gasteiger partial charge is 0.115 e. The molecule has 0 radical (unpaired) electrons. The number of benzene rings is 1. The van der Waals surface area contributed by atoms with Gasteiger partial charge in [0.15, 0.2) is 0 Å². The fraction of sp³-hybridized carbons (Fsp3) is 0.625. The van der Waals surface area contributed by atoms with E-state index in [4.69, 9.17) is 0 Å². The zero-order valence-corrected chi connectivity index (χ0v) is 11.1. The molecule has 0 amide bonds. The van der Waals surface area contributed by atoms with E-state index in [2.05, 4.69) is 18.3 Å². The van der Waals surface area contributed by atoms with Gasteiger partial charge in [-0.15, -0.1) is 0 Å². The largest absolute Gasteiger partial charge is 0.508 e. The summed E-state index contributed by atoms with van der Waals surface area (Å²) < 4.78 is 0. The minimum atomic E-state index is 0.382. The van der Waals surface area contributed by atoms with E-state index >= 15 is 0 Å². The number of nitrogens with one attached hydrogen (secondary N) is 1. The first-order valence-electron chi connectivity index (χ1n) is 7.29. The Kier molecular flexibility index (Phi) is 3.29. The van der Waals surface area contributed by atoms with Crippen LogP contribution in [0.2, 0.25) is 0 Å². The molecule has 0 aromatic heterocycles. The first-order chi connectivity index (χ1) is 8.74. The van der Waals surface area contributed by atoms with Gasteiger partial charge in [0.2, 0.25) is 0 Å². The molecular formula is C16H23NO. The molecule has 2 N–H and O–H groups in total. The lowest BCUT2D eigenvalue weighted by atomic mass is 9.69. The molecule has 1 heterocycles. The van der Waals surface area contributed by atoms with Crippen molar-refractivity contribution < 1.29 is 5.11 Å². The van der Waals surface area contributed by atoms with Crippen LogP contribution in [-0.2, 0) is 0 Å². The highest BCUT2D eigenvalue weighted by Crippen LogP contribution is 2.42. The van der Waals surface area contributed by atoms with Crippen molar-refractivity contribution in [2.24, 2.45) is 11.8 Å². The van der Waals surface area contributed by atoms with Crippen LogP contribution in [0.3, 0.4) is 0 Å². The highest BCUT2D eigenvalue weighted by atomic mass is 16.3. The van der Waals surface area contributed by atoms with E-state index < -0.39 is 0 Å². The number of rotatable bonds is 1. The van der Waals surface area contributed by atoms with Gasteiger partial charge in [0.1, 0.15) is 5.75 Å². The van der Waals surface area contributed by atoms with Crippen LogP contribution in [0.5, 0.6) is 5.75 Å². The highest BCUT2D eigenvalue weighted by Gasteiger charge is 2.36. The summed E-state index contributed by atoms with van der Waals surface area (Å²) in [6.45, 7) is 2.33. The van der Waals surface area contributed by atoms with Crippen molar-refractivity contribution in [3.63, 3.8) is 0 Å². The molecule has 2 fully saturated rings. The summed E-state index contributed by atoms with van der Waals surface area (Å²) >= 11 is 0. The van der Waals surface area contributed by atoms with Crippen LogP contribution in [-0.4, -0.2) is 11.1 Å².